The molecule has 0 saturated carbocycles. The number of benzene rings is 1. The third-order valence-electron chi connectivity index (χ3n) is 4.97. The van der Waals surface area contributed by atoms with Crippen molar-refractivity contribution in [3.8, 4) is 5.75 Å². The standard InChI is InChI=1S/C21H28N5O5P/c1-15(12-26-13-24-19-18(22)8-9-23-20(19)26)30-14-32(27,31-17-6-4-3-5-7-17)25-16(2)21-28-10-11-29-21/h3-9,13,15-16,21H,10-12,14H2,1-2H3,(H2,22,23)(H,25,27)/t15-,16+,32?/m1/s1. The van der Waals surface area contributed by atoms with Crippen LogP contribution >= 0.6 is 7.52 Å². The third kappa shape index (κ3) is 5.46. The van der Waals surface area contributed by atoms with Crippen LogP contribution in [-0.4, -0.2) is 52.5 Å². The minimum Gasteiger partial charge on any atom is -0.431 e. The number of nitrogens with two attached hydrogens (primary N) is 1. The molecule has 172 valence electrons. The van der Waals surface area contributed by atoms with Gasteiger partial charge in [-0.05, 0) is 32.0 Å². The van der Waals surface area contributed by atoms with Crippen molar-refractivity contribution >= 4 is 24.4 Å². The van der Waals surface area contributed by atoms with Gasteiger partial charge in [0.15, 0.2) is 11.9 Å². The monoisotopic (exact) mass is 461 g/mol. The molecule has 3 aromatic rings. The van der Waals surface area contributed by atoms with Crippen LogP contribution < -0.4 is 15.3 Å². The lowest BCUT2D eigenvalue weighted by atomic mass is 10.3. The number of nitrogens with one attached hydrogen (secondary N) is 1. The molecule has 1 fully saturated rings. The van der Waals surface area contributed by atoms with Gasteiger partial charge in [0, 0.05) is 6.20 Å². The van der Waals surface area contributed by atoms with Crippen molar-refractivity contribution in [1.29, 1.82) is 0 Å². The lowest BCUT2D eigenvalue weighted by molar-refractivity contribution is -0.0592. The summed E-state index contributed by atoms with van der Waals surface area (Å²) in [7, 11) is -3.44. The number of hydrogen-bond donors (Lipinski definition) is 2. The molecule has 32 heavy (non-hydrogen) atoms. The van der Waals surface area contributed by atoms with Gasteiger partial charge in [-0.2, -0.15) is 0 Å². The molecule has 3 N–H and O–H groups in total. The zero-order valence-electron chi connectivity index (χ0n) is 18.1. The summed E-state index contributed by atoms with van der Waals surface area (Å²) < 4.78 is 38.4. The second-order valence-corrected chi connectivity index (χ2v) is 9.73. The van der Waals surface area contributed by atoms with Gasteiger partial charge in [-0.3, -0.25) is 4.57 Å². The van der Waals surface area contributed by atoms with Gasteiger partial charge < -0.3 is 29.0 Å². The maximum absolute atomic E-state index is 13.7. The molecule has 0 bridgehead atoms. The fourth-order valence-corrected chi connectivity index (χ4v) is 5.28. The highest BCUT2D eigenvalue weighted by molar-refractivity contribution is 7.57. The van der Waals surface area contributed by atoms with E-state index in [9.17, 15) is 4.57 Å². The molecule has 0 aliphatic carbocycles. The van der Waals surface area contributed by atoms with E-state index in [4.69, 9.17) is 24.5 Å². The summed E-state index contributed by atoms with van der Waals surface area (Å²) in [5.74, 6) is 0.486. The van der Waals surface area contributed by atoms with Crippen LogP contribution in [0.5, 0.6) is 5.75 Å². The summed E-state index contributed by atoms with van der Waals surface area (Å²) in [6.45, 7) is 5.20. The van der Waals surface area contributed by atoms with Crippen LogP contribution in [0.1, 0.15) is 13.8 Å². The van der Waals surface area contributed by atoms with E-state index in [-0.39, 0.29) is 18.5 Å². The smallest absolute Gasteiger partial charge is 0.342 e. The SMILES string of the molecule is C[C@H](Cn1cnc2c(N)ccnc21)OCP(=O)(N[C@@H](C)C1OCCO1)Oc1ccccc1. The van der Waals surface area contributed by atoms with Crippen LogP contribution in [0.3, 0.4) is 0 Å². The third-order valence-corrected chi connectivity index (χ3v) is 6.76. The zero-order valence-corrected chi connectivity index (χ0v) is 19.0. The van der Waals surface area contributed by atoms with E-state index in [1.807, 2.05) is 36.6 Å². The Morgan fingerprint density at radius 1 is 1.22 bits per heavy atom. The van der Waals surface area contributed by atoms with Gasteiger partial charge in [0.05, 0.1) is 43.9 Å². The molecule has 0 amide bonds. The maximum atomic E-state index is 13.7. The largest absolute Gasteiger partial charge is 0.431 e. The molecular weight excluding hydrogens is 433 g/mol. The Balaban J connectivity index is 1.43. The maximum Gasteiger partial charge on any atom is 0.342 e. The van der Waals surface area contributed by atoms with Crippen LogP contribution in [0.2, 0.25) is 0 Å². The van der Waals surface area contributed by atoms with Crippen molar-refractivity contribution in [2.45, 2.75) is 38.8 Å². The lowest BCUT2D eigenvalue weighted by Gasteiger charge is -2.27. The summed E-state index contributed by atoms with van der Waals surface area (Å²) in [6.07, 6.45) is 2.39. The number of nitrogens with zero attached hydrogens (tertiary/aromatic N) is 3. The number of hydrogen-bond acceptors (Lipinski definition) is 8. The van der Waals surface area contributed by atoms with E-state index in [1.54, 1.807) is 30.7 Å². The predicted octanol–water partition coefficient (Wildman–Crippen LogP) is 3.00. The molecule has 1 aromatic carbocycles. The van der Waals surface area contributed by atoms with Gasteiger partial charge in [-0.1, -0.05) is 18.2 Å². The highest BCUT2D eigenvalue weighted by Gasteiger charge is 2.33. The number of nitrogen functional groups attached to an aromatic ring is 1. The molecule has 1 aliphatic heterocycles. The Morgan fingerprint density at radius 3 is 2.72 bits per heavy atom. The minimum atomic E-state index is -3.44. The number of imidazole rings is 1. The summed E-state index contributed by atoms with van der Waals surface area (Å²) in [5, 5.41) is 3.05. The zero-order chi connectivity index (χ0) is 22.6. The Bertz CT molecular complexity index is 1070. The average molecular weight is 461 g/mol. The first-order chi connectivity index (χ1) is 15.4. The molecule has 2 aromatic heterocycles. The van der Waals surface area contributed by atoms with Crippen molar-refractivity contribution < 1.29 is 23.3 Å². The van der Waals surface area contributed by atoms with Crippen LogP contribution in [-0.2, 0) is 25.3 Å². The molecular formula is C21H28N5O5P. The minimum absolute atomic E-state index is 0.137. The molecule has 10 nitrogen and oxygen atoms in total. The number of ether oxygens (including phenoxy) is 3. The van der Waals surface area contributed by atoms with Crippen molar-refractivity contribution in [3.63, 3.8) is 0 Å². The van der Waals surface area contributed by atoms with Crippen LogP contribution in [0.15, 0.2) is 48.9 Å². The molecule has 1 unspecified atom stereocenters. The Hall–Kier alpha value is -2.49. The van der Waals surface area contributed by atoms with E-state index in [2.05, 4.69) is 15.1 Å². The van der Waals surface area contributed by atoms with Gasteiger partial charge in [0.1, 0.15) is 17.6 Å². The number of pyridine rings is 1. The van der Waals surface area contributed by atoms with Gasteiger partial charge in [-0.15, -0.1) is 0 Å². The summed E-state index contributed by atoms with van der Waals surface area (Å²) >= 11 is 0. The van der Waals surface area contributed by atoms with E-state index in [0.717, 1.165) is 0 Å². The number of fused-ring (bicyclic) bond motifs is 1. The van der Waals surface area contributed by atoms with Crippen molar-refractivity contribution in [2.75, 3.05) is 25.3 Å². The second kappa shape index (κ2) is 9.97. The first kappa shape index (κ1) is 22.7. The molecule has 1 saturated heterocycles. The highest BCUT2D eigenvalue weighted by Crippen LogP contribution is 2.44. The quantitative estimate of drug-likeness (QED) is 0.439. The summed E-state index contributed by atoms with van der Waals surface area (Å²) in [6, 6.07) is 10.4. The van der Waals surface area contributed by atoms with Crippen molar-refractivity contribution in [1.82, 2.24) is 19.6 Å². The number of rotatable bonds is 10. The molecule has 3 heterocycles. The average Bonchev–Trinajstić information content (AvgIpc) is 3.45. The summed E-state index contributed by atoms with van der Waals surface area (Å²) in [5.41, 5.74) is 7.84. The molecule has 0 spiro atoms. The van der Waals surface area contributed by atoms with E-state index < -0.39 is 13.8 Å². The summed E-state index contributed by atoms with van der Waals surface area (Å²) in [4.78, 5) is 8.67. The molecule has 1 aliphatic rings. The van der Waals surface area contributed by atoms with Crippen molar-refractivity contribution in [2.24, 2.45) is 0 Å². The lowest BCUT2D eigenvalue weighted by Crippen LogP contribution is -2.38. The van der Waals surface area contributed by atoms with E-state index in [0.29, 0.717) is 42.4 Å². The van der Waals surface area contributed by atoms with Crippen LogP contribution in [0.25, 0.3) is 11.2 Å². The topological polar surface area (TPSA) is 123 Å². The Labute approximate surface area is 186 Å². The number of para-hydroxylation sites is 1. The molecule has 3 atom stereocenters. The van der Waals surface area contributed by atoms with Gasteiger partial charge in [-0.25, -0.2) is 15.1 Å². The number of aromatic nitrogens is 3. The normalized spacial score (nSPS) is 18.4. The van der Waals surface area contributed by atoms with Crippen molar-refractivity contribution in [3.05, 3.63) is 48.9 Å². The van der Waals surface area contributed by atoms with Crippen LogP contribution in [0.4, 0.5) is 5.69 Å². The van der Waals surface area contributed by atoms with E-state index >= 15 is 0 Å². The number of anilines is 1. The van der Waals surface area contributed by atoms with Crippen LogP contribution in [0, 0.1) is 0 Å². The van der Waals surface area contributed by atoms with Gasteiger partial charge in [0.2, 0.25) is 0 Å². The predicted molar refractivity (Wildman–Crippen MR) is 120 cm³/mol. The Kier molecular flexibility index (Phi) is 7.07. The first-order valence-electron chi connectivity index (χ1n) is 10.5. The van der Waals surface area contributed by atoms with Gasteiger partial charge in [0.25, 0.3) is 0 Å². The fourth-order valence-electron chi connectivity index (χ4n) is 3.45. The first-order valence-corrected chi connectivity index (χ1v) is 12.3. The Morgan fingerprint density at radius 2 is 1.97 bits per heavy atom. The van der Waals surface area contributed by atoms with E-state index in [1.165, 1.54) is 0 Å². The van der Waals surface area contributed by atoms with Gasteiger partial charge >= 0.3 is 7.52 Å². The fraction of sp³-hybridized carbons (Fsp3) is 0.429. The second-order valence-electron chi connectivity index (χ2n) is 7.68. The molecule has 0 radical (unpaired) electrons. The molecule has 11 heteroatoms. The highest BCUT2D eigenvalue weighted by atomic mass is 31.2. The molecule has 4 rings (SSSR count).